The zero-order valence-corrected chi connectivity index (χ0v) is 14.2. The van der Waals surface area contributed by atoms with Crippen LogP contribution in [0, 0.1) is 0 Å². The van der Waals surface area contributed by atoms with E-state index >= 15 is 0 Å². The van der Waals surface area contributed by atoms with Gasteiger partial charge in [-0.3, -0.25) is 4.79 Å². The van der Waals surface area contributed by atoms with E-state index < -0.39 is 0 Å². The second kappa shape index (κ2) is 8.65. The minimum atomic E-state index is -0.188. The highest BCUT2D eigenvalue weighted by Gasteiger charge is 2.17. The van der Waals surface area contributed by atoms with Gasteiger partial charge in [0.05, 0.1) is 11.8 Å². The molecule has 1 fully saturated rings. The fourth-order valence-corrected chi connectivity index (χ4v) is 2.89. The molecule has 132 valence electrons. The third-order valence-corrected chi connectivity index (χ3v) is 4.34. The molecule has 5 heteroatoms. The molecule has 1 amide bonds. The van der Waals surface area contributed by atoms with Gasteiger partial charge in [-0.25, -0.2) is 0 Å². The van der Waals surface area contributed by atoms with E-state index in [0.29, 0.717) is 24.4 Å². The highest BCUT2D eigenvalue weighted by atomic mass is 16.5. The van der Waals surface area contributed by atoms with Crippen molar-refractivity contribution < 1.29 is 14.6 Å². The van der Waals surface area contributed by atoms with E-state index in [1.165, 1.54) is 0 Å². The first-order valence-corrected chi connectivity index (χ1v) is 8.73. The van der Waals surface area contributed by atoms with Crippen molar-refractivity contribution in [3.05, 3.63) is 54.6 Å². The van der Waals surface area contributed by atoms with E-state index in [4.69, 9.17) is 4.74 Å². The Labute approximate surface area is 148 Å². The van der Waals surface area contributed by atoms with E-state index in [-0.39, 0.29) is 12.0 Å². The van der Waals surface area contributed by atoms with Crippen LogP contribution < -0.4 is 10.1 Å². The number of hydrogen-bond acceptors (Lipinski definition) is 4. The van der Waals surface area contributed by atoms with Crippen LogP contribution >= 0.6 is 0 Å². The van der Waals surface area contributed by atoms with Crippen LogP contribution in [0.3, 0.4) is 0 Å². The number of carbonyl (C=O) groups excluding carboxylic acids is 1. The van der Waals surface area contributed by atoms with Crippen LogP contribution in [-0.2, 0) is 4.79 Å². The molecule has 0 saturated carbocycles. The lowest BCUT2D eigenvalue weighted by molar-refractivity contribution is -0.116. The van der Waals surface area contributed by atoms with E-state index in [0.717, 1.165) is 31.7 Å². The molecule has 2 aromatic carbocycles. The topological polar surface area (TPSA) is 61.8 Å². The summed E-state index contributed by atoms with van der Waals surface area (Å²) in [5.41, 5.74) is 0.672. The van der Waals surface area contributed by atoms with Crippen molar-refractivity contribution in [2.24, 2.45) is 0 Å². The number of hydrogen-bond donors (Lipinski definition) is 2. The Balaban J connectivity index is 1.54. The van der Waals surface area contributed by atoms with Gasteiger partial charge in [0.15, 0.2) is 5.75 Å². The van der Waals surface area contributed by atoms with Crippen LogP contribution in [0.4, 0.5) is 5.69 Å². The molecular formula is C20H24N2O3. The number of carbonyl (C=O) groups is 1. The predicted octanol–water partition coefficient (Wildman–Crippen LogP) is 3.26. The zero-order valence-electron chi connectivity index (χ0n) is 14.2. The summed E-state index contributed by atoms with van der Waals surface area (Å²) in [6.45, 7) is 2.41. The Hall–Kier alpha value is -2.37. The number of benzene rings is 2. The Morgan fingerprint density at radius 3 is 2.52 bits per heavy atom. The molecule has 1 heterocycles. The number of aliphatic hydroxyl groups excluding tert-OH is 1. The minimum Gasteiger partial charge on any atom is -0.455 e. The Kier molecular flexibility index (Phi) is 6.04. The number of piperidine rings is 1. The van der Waals surface area contributed by atoms with E-state index in [2.05, 4.69) is 10.2 Å². The van der Waals surface area contributed by atoms with Gasteiger partial charge in [0.25, 0.3) is 0 Å². The molecular weight excluding hydrogens is 316 g/mol. The van der Waals surface area contributed by atoms with Crippen molar-refractivity contribution >= 4 is 11.6 Å². The van der Waals surface area contributed by atoms with Crippen LogP contribution in [-0.4, -0.2) is 41.7 Å². The Bertz CT molecular complexity index is 682. The maximum absolute atomic E-state index is 12.3. The van der Waals surface area contributed by atoms with Crippen LogP contribution in [0.1, 0.15) is 19.3 Å². The summed E-state index contributed by atoms with van der Waals surface area (Å²) in [6, 6.07) is 16.9. The third kappa shape index (κ3) is 5.31. The van der Waals surface area contributed by atoms with Crippen molar-refractivity contribution in [1.29, 1.82) is 0 Å². The Morgan fingerprint density at radius 2 is 1.76 bits per heavy atom. The molecule has 3 rings (SSSR count). The number of anilines is 1. The number of aliphatic hydroxyl groups is 1. The number of ether oxygens (including phenoxy) is 1. The molecule has 0 atom stereocenters. The van der Waals surface area contributed by atoms with Gasteiger partial charge >= 0.3 is 0 Å². The normalized spacial score (nSPS) is 15.7. The Morgan fingerprint density at radius 1 is 1.08 bits per heavy atom. The van der Waals surface area contributed by atoms with Crippen molar-refractivity contribution in [2.45, 2.75) is 25.4 Å². The summed E-state index contributed by atoms with van der Waals surface area (Å²) in [4.78, 5) is 14.5. The van der Waals surface area contributed by atoms with Gasteiger partial charge in [0.2, 0.25) is 5.91 Å². The highest BCUT2D eigenvalue weighted by molar-refractivity contribution is 5.92. The molecule has 0 aromatic heterocycles. The SMILES string of the molecule is O=C(CCN1CCC(O)CC1)Nc1ccccc1Oc1ccccc1. The molecule has 0 radical (unpaired) electrons. The monoisotopic (exact) mass is 340 g/mol. The van der Waals surface area contributed by atoms with E-state index in [9.17, 15) is 9.90 Å². The summed E-state index contributed by atoms with van der Waals surface area (Å²) >= 11 is 0. The van der Waals surface area contributed by atoms with Gasteiger partial charge in [-0.15, -0.1) is 0 Å². The van der Waals surface area contributed by atoms with Crippen molar-refractivity contribution in [1.82, 2.24) is 4.90 Å². The maximum Gasteiger partial charge on any atom is 0.225 e. The summed E-state index contributed by atoms with van der Waals surface area (Å²) in [7, 11) is 0. The maximum atomic E-state index is 12.3. The first-order chi connectivity index (χ1) is 12.2. The second-order valence-electron chi connectivity index (χ2n) is 6.28. The highest BCUT2D eigenvalue weighted by Crippen LogP contribution is 2.29. The number of nitrogens with one attached hydrogen (secondary N) is 1. The minimum absolute atomic E-state index is 0.0322. The van der Waals surface area contributed by atoms with Crippen molar-refractivity contribution in [3.8, 4) is 11.5 Å². The first kappa shape index (κ1) is 17.5. The van der Waals surface area contributed by atoms with Gasteiger partial charge in [-0.05, 0) is 37.1 Å². The molecule has 0 unspecified atom stereocenters. The number of amides is 1. The molecule has 2 N–H and O–H groups in total. The number of rotatable bonds is 6. The van der Waals surface area contributed by atoms with Gasteiger partial charge in [0.1, 0.15) is 5.75 Å². The molecule has 1 aliphatic heterocycles. The molecule has 25 heavy (non-hydrogen) atoms. The molecule has 1 saturated heterocycles. The summed E-state index contributed by atoms with van der Waals surface area (Å²) in [5, 5.41) is 12.5. The second-order valence-corrected chi connectivity index (χ2v) is 6.28. The van der Waals surface area contributed by atoms with Gasteiger partial charge < -0.3 is 20.1 Å². The number of nitrogens with zero attached hydrogens (tertiary/aromatic N) is 1. The van der Waals surface area contributed by atoms with Crippen LogP contribution in [0.15, 0.2) is 54.6 Å². The molecule has 0 spiro atoms. The molecule has 5 nitrogen and oxygen atoms in total. The summed E-state index contributed by atoms with van der Waals surface area (Å²) in [6.07, 6.45) is 1.81. The van der Waals surface area contributed by atoms with Gasteiger partial charge in [0, 0.05) is 26.1 Å². The quantitative estimate of drug-likeness (QED) is 0.847. The summed E-state index contributed by atoms with van der Waals surface area (Å²) in [5.74, 6) is 1.33. The van der Waals surface area contributed by atoms with Gasteiger partial charge in [-0.1, -0.05) is 30.3 Å². The van der Waals surface area contributed by atoms with Crippen LogP contribution in [0.5, 0.6) is 11.5 Å². The first-order valence-electron chi connectivity index (χ1n) is 8.73. The lowest BCUT2D eigenvalue weighted by Gasteiger charge is -2.29. The smallest absolute Gasteiger partial charge is 0.225 e. The standard InChI is InChI=1S/C20H24N2O3/c23-16-10-13-22(14-11-16)15-12-20(24)21-18-8-4-5-9-19(18)25-17-6-2-1-3-7-17/h1-9,16,23H,10-15H2,(H,21,24). The van der Waals surface area contributed by atoms with E-state index in [1.54, 1.807) is 0 Å². The van der Waals surface area contributed by atoms with Crippen molar-refractivity contribution in [3.63, 3.8) is 0 Å². The van der Waals surface area contributed by atoms with Gasteiger partial charge in [-0.2, -0.15) is 0 Å². The largest absolute Gasteiger partial charge is 0.455 e. The zero-order chi connectivity index (χ0) is 17.5. The summed E-state index contributed by atoms with van der Waals surface area (Å²) < 4.78 is 5.86. The van der Waals surface area contributed by atoms with Crippen LogP contribution in [0.2, 0.25) is 0 Å². The van der Waals surface area contributed by atoms with Crippen LogP contribution in [0.25, 0.3) is 0 Å². The predicted molar refractivity (Wildman–Crippen MR) is 97.9 cm³/mol. The molecule has 2 aromatic rings. The average molecular weight is 340 g/mol. The fourth-order valence-electron chi connectivity index (χ4n) is 2.89. The number of likely N-dealkylation sites (tertiary alicyclic amines) is 1. The molecule has 0 bridgehead atoms. The third-order valence-electron chi connectivity index (χ3n) is 4.34. The lowest BCUT2D eigenvalue weighted by Crippen LogP contribution is -2.37. The fraction of sp³-hybridized carbons (Fsp3) is 0.350. The van der Waals surface area contributed by atoms with Crippen molar-refractivity contribution in [2.75, 3.05) is 25.0 Å². The lowest BCUT2D eigenvalue weighted by atomic mass is 10.1. The average Bonchev–Trinajstić information content (AvgIpc) is 2.64. The molecule has 1 aliphatic rings. The number of para-hydroxylation sites is 3. The molecule has 0 aliphatic carbocycles. The van der Waals surface area contributed by atoms with E-state index in [1.807, 2.05) is 54.6 Å².